The number of rotatable bonds is 6. The molecule has 41 heavy (non-hydrogen) atoms. The first-order valence-corrected chi connectivity index (χ1v) is 13.4. The van der Waals surface area contributed by atoms with Crippen LogP contribution in [0.3, 0.4) is 0 Å². The minimum Gasteiger partial charge on any atom is -0.508 e. The smallest absolute Gasteiger partial charge is 0.317 e. The highest BCUT2D eigenvalue weighted by atomic mass is 16.4. The minimum atomic E-state index is -1.01. The quantitative estimate of drug-likeness (QED) is 0.248. The summed E-state index contributed by atoms with van der Waals surface area (Å²) in [6.45, 7) is 3.68. The molecule has 3 aromatic rings. The van der Waals surface area contributed by atoms with Crippen molar-refractivity contribution in [2.24, 2.45) is 10.8 Å². The number of aryl methyl sites for hydroxylation is 1. The summed E-state index contributed by atoms with van der Waals surface area (Å²) in [6.07, 6.45) is 15.0. The van der Waals surface area contributed by atoms with Crippen LogP contribution in [0.15, 0.2) is 121 Å². The predicted molar refractivity (Wildman–Crippen MR) is 159 cm³/mol. The van der Waals surface area contributed by atoms with E-state index >= 15 is 0 Å². The van der Waals surface area contributed by atoms with Gasteiger partial charge in [-0.2, -0.15) is 0 Å². The van der Waals surface area contributed by atoms with Crippen LogP contribution in [-0.4, -0.2) is 32.4 Å². The SMILES string of the molecule is CC1(C(=O)O)C=CC(c2ccc(O)cc2)C=C1.Cc1ccc(CC2(C(=O)O)C=CC(c3ccc(O)cc3)C=C2)cc1. The molecule has 0 saturated carbocycles. The molecule has 0 radical (unpaired) electrons. The Balaban J connectivity index is 0.000000201. The molecular weight excluding hydrogens is 516 g/mol. The molecule has 2 aliphatic rings. The number of carboxylic acids is 2. The van der Waals surface area contributed by atoms with Crippen molar-refractivity contribution in [2.45, 2.75) is 32.1 Å². The van der Waals surface area contributed by atoms with Crippen molar-refractivity contribution in [2.75, 3.05) is 0 Å². The van der Waals surface area contributed by atoms with E-state index in [1.165, 1.54) is 0 Å². The van der Waals surface area contributed by atoms with Gasteiger partial charge in [0, 0.05) is 11.8 Å². The molecule has 0 saturated heterocycles. The number of hydrogen-bond acceptors (Lipinski definition) is 4. The van der Waals surface area contributed by atoms with E-state index in [1.807, 2.05) is 79.8 Å². The normalized spacial score (nSPS) is 24.3. The van der Waals surface area contributed by atoms with E-state index in [-0.39, 0.29) is 23.3 Å². The van der Waals surface area contributed by atoms with Crippen molar-refractivity contribution < 1.29 is 30.0 Å². The van der Waals surface area contributed by atoms with Gasteiger partial charge in [0.15, 0.2) is 0 Å². The molecule has 0 aliphatic heterocycles. The van der Waals surface area contributed by atoms with Crippen LogP contribution in [0.2, 0.25) is 0 Å². The molecule has 6 nitrogen and oxygen atoms in total. The Morgan fingerprint density at radius 3 is 1.44 bits per heavy atom. The standard InChI is InChI=1S/C21H20O3.C14H14O3/c1-15-2-4-16(5-3-15)14-21(20(23)24)12-10-18(11-13-21)17-6-8-19(22)9-7-17;1-14(13(16)17)8-6-11(7-9-14)10-2-4-12(15)5-3-10/h2-13,18,22H,14H2,1H3,(H,23,24);2-9,11,15H,1H3,(H,16,17). The van der Waals surface area contributed by atoms with E-state index in [1.54, 1.807) is 55.5 Å². The molecule has 0 bridgehead atoms. The second kappa shape index (κ2) is 12.1. The molecule has 0 heterocycles. The number of allylic oxidation sites excluding steroid dienone is 4. The van der Waals surface area contributed by atoms with Gasteiger partial charge in [0.1, 0.15) is 22.3 Å². The van der Waals surface area contributed by atoms with Crippen molar-refractivity contribution in [3.63, 3.8) is 0 Å². The van der Waals surface area contributed by atoms with Crippen molar-refractivity contribution in [3.05, 3.63) is 144 Å². The van der Waals surface area contributed by atoms with Gasteiger partial charge in [-0.1, -0.05) is 103 Å². The molecule has 0 spiro atoms. The Morgan fingerprint density at radius 1 is 0.634 bits per heavy atom. The molecule has 0 aromatic heterocycles. The topological polar surface area (TPSA) is 115 Å². The van der Waals surface area contributed by atoms with Gasteiger partial charge in [0.25, 0.3) is 0 Å². The number of aromatic hydroxyl groups is 2. The van der Waals surface area contributed by atoms with E-state index in [0.717, 1.165) is 22.3 Å². The zero-order chi connectivity index (χ0) is 29.6. The van der Waals surface area contributed by atoms with E-state index in [2.05, 4.69) is 0 Å². The van der Waals surface area contributed by atoms with Crippen molar-refractivity contribution in [1.29, 1.82) is 0 Å². The average Bonchev–Trinajstić information content (AvgIpc) is 2.96. The van der Waals surface area contributed by atoms with Gasteiger partial charge in [-0.15, -0.1) is 0 Å². The van der Waals surface area contributed by atoms with Crippen LogP contribution >= 0.6 is 0 Å². The lowest BCUT2D eigenvalue weighted by molar-refractivity contribution is -0.144. The van der Waals surface area contributed by atoms with Crippen LogP contribution in [0, 0.1) is 17.8 Å². The number of carbonyl (C=O) groups is 2. The lowest BCUT2D eigenvalue weighted by Crippen LogP contribution is -2.31. The zero-order valence-electron chi connectivity index (χ0n) is 23.0. The summed E-state index contributed by atoms with van der Waals surface area (Å²) >= 11 is 0. The third kappa shape index (κ3) is 7.03. The maximum Gasteiger partial charge on any atom is 0.317 e. The summed E-state index contributed by atoms with van der Waals surface area (Å²) in [6, 6.07) is 21.9. The van der Waals surface area contributed by atoms with Crippen LogP contribution in [0.25, 0.3) is 0 Å². The summed E-state index contributed by atoms with van der Waals surface area (Å²) < 4.78 is 0. The van der Waals surface area contributed by atoms with Crippen LogP contribution in [-0.2, 0) is 16.0 Å². The van der Waals surface area contributed by atoms with Gasteiger partial charge in [-0.3, -0.25) is 9.59 Å². The number of aliphatic carboxylic acids is 2. The number of phenolic OH excluding ortho intramolecular Hbond substituents is 2. The first-order chi connectivity index (χ1) is 19.5. The van der Waals surface area contributed by atoms with Crippen LogP contribution in [0.5, 0.6) is 11.5 Å². The molecule has 6 heteroatoms. The number of carboxylic acid groups (broad SMARTS) is 2. The van der Waals surface area contributed by atoms with Crippen molar-refractivity contribution in [3.8, 4) is 11.5 Å². The zero-order valence-corrected chi connectivity index (χ0v) is 23.0. The molecule has 0 fully saturated rings. The molecular formula is C35H34O6. The minimum absolute atomic E-state index is 0.0242. The molecule has 0 atom stereocenters. The Hall–Kier alpha value is -4.84. The second-order valence-corrected chi connectivity index (χ2v) is 10.8. The van der Waals surface area contributed by atoms with Crippen LogP contribution in [0.4, 0.5) is 0 Å². The fourth-order valence-electron chi connectivity index (χ4n) is 4.76. The fourth-order valence-corrected chi connectivity index (χ4v) is 4.76. The first-order valence-electron chi connectivity index (χ1n) is 13.4. The van der Waals surface area contributed by atoms with Crippen molar-refractivity contribution in [1.82, 2.24) is 0 Å². The van der Waals surface area contributed by atoms with Gasteiger partial charge in [-0.05, 0) is 61.2 Å². The predicted octanol–water partition coefficient (Wildman–Crippen LogP) is 6.92. The summed E-state index contributed by atoms with van der Waals surface area (Å²) in [4.78, 5) is 22.9. The maximum absolute atomic E-state index is 11.9. The summed E-state index contributed by atoms with van der Waals surface area (Å²) in [7, 11) is 0. The maximum atomic E-state index is 11.9. The van der Waals surface area contributed by atoms with Crippen molar-refractivity contribution >= 4 is 11.9 Å². The van der Waals surface area contributed by atoms with E-state index in [0.29, 0.717) is 6.42 Å². The second-order valence-electron chi connectivity index (χ2n) is 10.8. The molecule has 3 aromatic carbocycles. The van der Waals surface area contributed by atoms with Gasteiger partial charge < -0.3 is 20.4 Å². The third-order valence-corrected chi connectivity index (χ3v) is 7.53. The Morgan fingerprint density at radius 2 is 1.05 bits per heavy atom. The molecule has 2 aliphatic carbocycles. The number of benzene rings is 3. The molecule has 4 N–H and O–H groups in total. The number of phenols is 2. The van der Waals surface area contributed by atoms with Gasteiger partial charge >= 0.3 is 11.9 Å². The van der Waals surface area contributed by atoms with Crippen LogP contribution in [0.1, 0.15) is 41.0 Å². The lowest BCUT2D eigenvalue weighted by atomic mass is 9.76. The monoisotopic (exact) mass is 550 g/mol. The number of hydrogen-bond donors (Lipinski definition) is 4. The molecule has 210 valence electrons. The summed E-state index contributed by atoms with van der Waals surface area (Å²) in [5.74, 6) is -1.15. The summed E-state index contributed by atoms with van der Waals surface area (Å²) in [5, 5.41) is 37.4. The largest absolute Gasteiger partial charge is 0.508 e. The van der Waals surface area contributed by atoms with Crippen LogP contribution < -0.4 is 0 Å². The fraction of sp³-hybridized carbons (Fsp3) is 0.200. The van der Waals surface area contributed by atoms with Gasteiger partial charge in [-0.25, -0.2) is 0 Å². The Bertz CT molecular complexity index is 1460. The average molecular weight is 551 g/mol. The molecule has 0 amide bonds. The third-order valence-electron chi connectivity index (χ3n) is 7.53. The Labute approximate surface area is 239 Å². The van der Waals surface area contributed by atoms with E-state index in [4.69, 9.17) is 5.11 Å². The van der Waals surface area contributed by atoms with E-state index in [9.17, 15) is 24.9 Å². The van der Waals surface area contributed by atoms with E-state index < -0.39 is 22.8 Å². The highest BCUT2D eigenvalue weighted by molar-refractivity contribution is 5.81. The van der Waals surface area contributed by atoms with Gasteiger partial charge in [0.05, 0.1) is 0 Å². The lowest BCUT2D eigenvalue weighted by Gasteiger charge is -2.27. The Kier molecular flexibility index (Phi) is 8.62. The highest BCUT2D eigenvalue weighted by Gasteiger charge is 2.35. The highest BCUT2D eigenvalue weighted by Crippen LogP contribution is 2.36. The van der Waals surface area contributed by atoms with Gasteiger partial charge in [0.2, 0.25) is 0 Å². The summed E-state index contributed by atoms with van der Waals surface area (Å²) in [5.41, 5.74) is 2.29. The molecule has 5 rings (SSSR count). The first kappa shape index (κ1) is 29.2. The molecule has 0 unspecified atom stereocenters.